The number of fused-ring (bicyclic) bond motifs is 1. The minimum atomic E-state index is -3.64. The molecule has 1 aromatic heterocycles. The second kappa shape index (κ2) is 7.79. The maximum atomic E-state index is 13.0. The van der Waals surface area contributed by atoms with Crippen LogP contribution in [0.5, 0.6) is 0 Å². The quantitative estimate of drug-likeness (QED) is 0.592. The van der Waals surface area contributed by atoms with E-state index in [1.54, 1.807) is 18.3 Å². The fourth-order valence-corrected chi connectivity index (χ4v) is 7.03. The number of sulfone groups is 1. The number of hydrogen-bond acceptors (Lipinski definition) is 6. The van der Waals surface area contributed by atoms with E-state index >= 15 is 0 Å². The van der Waals surface area contributed by atoms with Crippen molar-refractivity contribution in [3.05, 3.63) is 53.5 Å². The van der Waals surface area contributed by atoms with Crippen LogP contribution in [-0.4, -0.2) is 45.0 Å². The molecule has 154 valence electrons. The lowest BCUT2D eigenvalue weighted by Gasteiger charge is -2.30. The first-order chi connectivity index (χ1) is 13.8. The van der Waals surface area contributed by atoms with E-state index in [1.165, 1.54) is 28.6 Å². The van der Waals surface area contributed by atoms with Gasteiger partial charge >= 0.3 is 0 Å². The Balaban J connectivity index is 1.48. The molecule has 2 aromatic carbocycles. The molecule has 0 spiro atoms. The van der Waals surface area contributed by atoms with Gasteiger partial charge in [-0.05, 0) is 49.2 Å². The zero-order valence-corrected chi connectivity index (χ0v) is 18.4. The van der Waals surface area contributed by atoms with Crippen molar-refractivity contribution in [2.24, 2.45) is 0 Å². The standard InChI is InChI=1S/C20H22N2O4S3/c1-2-28(23,24)16-7-9-17(10-8-16)29(25,26)22-13-11-15(12-14-22)20-21-18-5-3-4-6-19(18)27-20/h3-10,15H,2,11-14H2,1H3. The topological polar surface area (TPSA) is 84.4 Å². The highest BCUT2D eigenvalue weighted by atomic mass is 32.2. The van der Waals surface area contributed by atoms with Gasteiger partial charge in [0.1, 0.15) is 0 Å². The van der Waals surface area contributed by atoms with Crippen LogP contribution >= 0.6 is 11.3 Å². The minimum Gasteiger partial charge on any atom is -0.241 e. The zero-order chi connectivity index (χ0) is 20.6. The van der Waals surface area contributed by atoms with E-state index < -0.39 is 19.9 Å². The molecule has 1 aliphatic rings. The van der Waals surface area contributed by atoms with Gasteiger partial charge in [0.2, 0.25) is 10.0 Å². The molecular weight excluding hydrogens is 428 g/mol. The number of nitrogens with zero attached hydrogens (tertiary/aromatic N) is 2. The summed E-state index contributed by atoms with van der Waals surface area (Å²) in [5.74, 6) is 0.245. The van der Waals surface area contributed by atoms with Gasteiger partial charge in [-0.2, -0.15) is 4.31 Å². The Hall–Kier alpha value is -1.81. The molecule has 1 fully saturated rings. The van der Waals surface area contributed by atoms with Gasteiger partial charge in [0.15, 0.2) is 9.84 Å². The molecule has 0 N–H and O–H groups in total. The second-order valence-electron chi connectivity index (χ2n) is 7.07. The average Bonchev–Trinajstić information content (AvgIpc) is 3.18. The Morgan fingerprint density at radius 2 is 1.59 bits per heavy atom. The van der Waals surface area contributed by atoms with Crippen LogP contribution < -0.4 is 0 Å². The summed E-state index contributed by atoms with van der Waals surface area (Å²) in [5, 5.41) is 1.07. The summed E-state index contributed by atoms with van der Waals surface area (Å²) in [6.45, 7) is 2.42. The van der Waals surface area contributed by atoms with Crippen LogP contribution in [0.3, 0.4) is 0 Å². The summed E-state index contributed by atoms with van der Waals surface area (Å²) in [5.41, 5.74) is 0.990. The van der Waals surface area contributed by atoms with Crippen LogP contribution in [0.15, 0.2) is 58.3 Å². The molecule has 1 aliphatic heterocycles. The first-order valence-electron chi connectivity index (χ1n) is 9.50. The third-order valence-corrected chi connectivity index (χ3v) is 10.2. The van der Waals surface area contributed by atoms with Crippen molar-refractivity contribution in [3.8, 4) is 0 Å². The predicted molar refractivity (Wildman–Crippen MR) is 115 cm³/mol. The number of sulfonamides is 1. The molecule has 0 amide bonds. The highest BCUT2D eigenvalue weighted by Gasteiger charge is 2.31. The molecule has 1 saturated heterocycles. The van der Waals surface area contributed by atoms with E-state index in [1.807, 2.05) is 18.2 Å². The second-order valence-corrected chi connectivity index (χ2v) is 12.4. The van der Waals surface area contributed by atoms with Crippen molar-refractivity contribution in [2.45, 2.75) is 35.5 Å². The minimum absolute atomic E-state index is 0.0155. The Bertz CT molecular complexity index is 1190. The Morgan fingerprint density at radius 3 is 2.21 bits per heavy atom. The number of piperidine rings is 1. The van der Waals surface area contributed by atoms with E-state index in [0.717, 1.165) is 28.1 Å². The summed E-state index contributed by atoms with van der Waals surface area (Å²) in [6.07, 6.45) is 1.45. The number of hydrogen-bond donors (Lipinski definition) is 0. The monoisotopic (exact) mass is 450 g/mol. The van der Waals surface area contributed by atoms with Gasteiger partial charge in [-0.1, -0.05) is 19.1 Å². The summed E-state index contributed by atoms with van der Waals surface area (Å²) in [4.78, 5) is 4.99. The van der Waals surface area contributed by atoms with E-state index in [0.29, 0.717) is 13.1 Å². The summed E-state index contributed by atoms with van der Waals surface area (Å²) >= 11 is 1.68. The third-order valence-electron chi connectivity index (χ3n) is 5.31. The smallest absolute Gasteiger partial charge is 0.241 e. The average molecular weight is 451 g/mol. The lowest BCUT2D eigenvalue weighted by atomic mass is 9.99. The first kappa shape index (κ1) is 20.5. The molecule has 0 unspecified atom stereocenters. The van der Waals surface area contributed by atoms with Crippen LogP contribution in [0.25, 0.3) is 10.2 Å². The van der Waals surface area contributed by atoms with Gasteiger partial charge in [-0.3, -0.25) is 0 Å². The maximum absolute atomic E-state index is 13.0. The summed E-state index contributed by atoms with van der Waals surface area (Å²) in [7, 11) is -6.99. The molecule has 0 bridgehead atoms. The molecule has 3 aromatic rings. The lowest BCUT2D eigenvalue weighted by molar-refractivity contribution is 0.319. The van der Waals surface area contributed by atoms with Crippen LogP contribution in [-0.2, 0) is 19.9 Å². The van der Waals surface area contributed by atoms with E-state index in [9.17, 15) is 16.8 Å². The molecule has 4 rings (SSSR count). The number of benzene rings is 2. The molecule has 0 atom stereocenters. The third kappa shape index (κ3) is 3.96. The van der Waals surface area contributed by atoms with Gasteiger partial charge in [0, 0.05) is 19.0 Å². The Kier molecular flexibility index (Phi) is 5.50. The molecule has 0 radical (unpaired) electrons. The van der Waals surface area contributed by atoms with Gasteiger partial charge in [-0.15, -0.1) is 11.3 Å². The van der Waals surface area contributed by atoms with Crippen molar-refractivity contribution in [1.82, 2.24) is 9.29 Å². The largest absolute Gasteiger partial charge is 0.243 e. The van der Waals surface area contributed by atoms with Gasteiger partial charge in [0.25, 0.3) is 0 Å². The van der Waals surface area contributed by atoms with Crippen molar-refractivity contribution in [3.63, 3.8) is 0 Å². The van der Waals surface area contributed by atoms with Gasteiger partial charge in [-0.25, -0.2) is 21.8 Å². The van der Waals surface area contributed by atoms with Crippen LogP contribution in [0.2, 0.25) is 0 Å². The molecule has 9 heteroatoms. The van der Waals surface area contributed by atoms with E-state index in [2.05, 4.69) is 6.07 Å². The molecule has 0 aliphatic carbocycles. The molecule has 0 saturated carbocycles. The maximum Gasteiger partial charge on any atom is 0.243 e. The Labute approximate surface area is 175 Å². The Morgan fingerprint density at radius 1 is 0.966 bits per heavy atom. The summed E-state index contributed by atoms with van der Waals surface area (Å²) < 4.78 is 52.4. The molecule has 6 nitrogen and oxygen atoms in total. The zero-order valence-electron chi connectivity index (χ0n) is 16.0. The molecule has 2 heterocycles. The van der Waals surface area contributed by atoms with Crippen LogP contribution in [0.1, 0.15) is 30.7 Å². The number of rotatable bonds is 5. The van der Waals surface area contributed by atoms with Crippen molar-refractivity contribution < 1.29 is 16.8 Å². The molecular formula is C20H22N2O4S3. The first-order valence-corrected chi connectivity index (χ1v) is 13.4. The fraction of sp³-hybridized carbons (Fsp3) is 0.350. The highest BCUT2D eigenvalue weighted by molar-refractivity contribution is 7.91. The number of thiazole rings is 1. The van der Waals surface area contributed by atoms with E-state index in [4.69, 9.17) is 4.98 Å². The highest BCUT2D eigenvalue weighted by Crippen LogP contribution is 2.35. The fourth-order valence-electron chi connectivity index (χ4n) is 3.54. The van der Waals surface area contributed by atoms with Gasteiger partial charge < -0.3 is 0 Å². The van der Waals surface area contributed by atoms with E-state index in [-0.39, 0.29) is 21.5 Å². The van der Waals surface area contributed by atoms with Crippen molar-refractivity contribution in [1.29, 1.82) is 0 Å². The number of aromatic nitrogens is 1. The SMILES string of the molecule is CCS(=O)(=O)c1ccc(S(=O)(=O)N2CCC(c3nc4ccccc4s3)CC2)cc1. The van der Waals surface area contributed by atoms with Gasteiger partial charge in [0.05, 0.1) is 30.8 Å². The van der Waals surface area contributed by atoms with Crippen LogP contribution in [0, 0.1) is 0 Å². The predicted octanol–water partition coefficient (Wildman–Crippen LogP) is 3.66. The van der Waals surface area contributed by atoms with Crippen molar-refractivity contribution in [2.75, 3.05) is 18.8 Å². The normalized spacial score (nSPS) is 17.0. The summed E-state index contributed by atoms with van der Waals surface area (Å²) in [6, 6.07) is 13.5. The number of para-hydroxylation sites is 1. The molecule has 29 heavy (non-hydrogen) atoms. The van der Waals surface area contributed by atoms with Crippen molar-refractivity contribution >= 4 is 41.4 Å². The van der Waals surface area contributed by atoms with Crippen LogP contribution in [0.4, 0.5) is 0 Å². The lowest BCUT2D eigenvalue weighted by Crippen LogP contribution is -2.37.